The molecule has 0 saturated heterocycles. The molecule has 0 fully saturated rings. The van der Waals surface area contributed by atoms with Crippen LogP contribution in [0.5, 0.6) is 0 Å². The second kappa shape index (κ2) is 8.48. The van der Waals surface area contributed by atoms with Crippen molar-refractivity contribution in [2.45, 2.75) is 32.7 Å². The number of hydrogen-bond donors (Lipinski definition) is 1. The van der Waals surface area contributed by atoms with Crippen molar-refractivity contribution in [1.29, 1.82) is 0 Å². The summed E-state index contributed by atoms with van der Waals surface area (Å²) in [7, 11) is 2.00. The second-order valence-electron chi connectivity index (χ2n) is 3.48. The summed E-state index contributed by atoms with van der Waals surface area (Å²) in [5.41, 5.74) is 0. The van der Waals surface area contributed by atoms with Crippen LogP contribution in [-0.4, -0.2) is 49.5 Å². The second-order valence-corrected chi connectivity index (χ2v) is 3.48. The summed E-state index contributed by atoms with van der Waals surface area (Å²) < 4.78 is 5.42. The molecular weight excluding hydrogens is 166 g/mol. The molecule has 0 aromatic heterocycles. The fourth-order valence-electron chi connectivity index (χ4n) is 0.917. The Morgan fingerprint density at radius 1 is 1.38 bits per heavy atom. The first-order valence-electron chi connectivity index (χ1n) is 5.11. The quantitative estimate of drug-likeness (QED) is 0.581. The van der Waals surface area contributed by atoms with Crippen LogP contribution in [-0.2, 0) is 4.74 Å². The minimum atomic E-state index is 0.214. The molecule has 1 N–H and O–H groups in total. The Kier molecular flexibility index (Phi) is 8.40. The topological polar surface area (TPSA) is 32.7 Å². The van der Waals surface area contributed by atoms with E-state index in [0.717, 1.165) is 26.2 Å². The molecule has 0 aliphatic rings. The number of aliphatic hydroxyl groups excluding tert-OH is 1. The van der Waals surface area contributed by atoms with E-state index in [2.05, 4.69) is 11.8 Å². The molecule has 0 aromatic carbocycles. The first-order valence-corrected chi connectivity index (χ1v) is 5.11. The molecule has 0 saturated carbocycles. The van der Waals surface area contributed by atoms with E-state index in [1.807, 2.05) is 14.0 Å². The third kappa shape index (κ3) is 6.99. The zero-order valence-corrected chi connectivity index (χ0v) is 9.12. The van der Waals surface area contributed by atoms with E-state index in [0.29, 0.717) is 0 Å². The van der Waals surface area contributed by atoms with Gasteiger partial charge in [0.1, 0.15) is 0 Å². The maximum absolute atomic E-state index is 8.86. The van der Waals surface area contributed by atoms with Crippen molar-refractivity contribution in [3.8, 4) is 0 Å². The third-order valence-corrected chi connectivity index (χ3v) is 2.25. The van der Waals surface area contributed by atoms with Crippen LogP contribution in [0.25, 0.3) is 0 Å². The van der Waals surface area contributed by atoms with Crippen LogP contribution in [0.15, 0.2) is 0 Å². The average molecular weight is 189 g/mol. The molecule has 0 aliphatic heterocycles. The number of aliphatic hydroxyl groups is 1. The fourth-order valence-corrected chi connectivity index (χ4v) is 0.917. The van der Waals surface area contributed by atoms with Crippen molar-refractivity contribution in [1.82, 2.24) is 4.90 Å². The average Bonchev–Trinajstić information content (AvgIpc) is 2.16. The van der Waals surface area contributed by atoms with E-state index in [1.165, 1.54) is 6.42 Å². The third-order valence-electron chi connectivity index (χ3n) is 2.25. The normalized spacial score (nSPS) is 13.6. The Hall–Kier alpha value is -0.120. The van der Waals surface area contributed by atoms with Gasteiger partial charge in [-0.3, -0.25) is 4.90 Å². The van der Waals surface area contributed by atoms with Gasteiger partial charge in [0.2, 0.25) is 0 Å². The van der Waals surface area contributed by atoms with Crippen molar-refractivity contribution in [3.05, 3.63) is 0 Å². The predicted molar refractivity (Wildman–Crippen MR) is 54.9 cm³/mol. The minimum absolute atomic E-state index is 0.214. The molecule has 0 heterocycles. The number of hydrogen-bond acceptors (Lipinski definition) is 3. The van der Waals surface area contributed by atoms with Crippen molar-refractivity contribution >= 4 is 0 Å². The van der Waals surface area contributed by atoms with E-state index < -0.39 is 0 Å². The van der Waals surface area contributed by atoms with E-state index in [9.17, 15) is 0 Å². The summed E-state index contributed by atoms with van der Waals surface area (Å²) in [5.74, 6) is 0. The lowest BCUT2D eigenvalue weighted by molar-refractivity contribution is 0.0847. The van der Waals surface area contributed by atoms with Gasteiger partial charge in [-0.15, -0.1) is 0 Å². The first-order chi connectivity index (χ1) is 6.22. The Balaban J connectivity index is 3.21. The minimum Gasteiger partial charge on any atom is -0.395 e. The highest BCUT2D eigenvalue weighted by atomic mass is 16.5. The van der Waals surface area contributed by atoms with Crippen LogP contribution in [0.3, 0.4) is 0 Å². The fraction of sp³-hybridized carbons (Fsp3) is 1.00. The zero-order chi connectivity index (χ0) is 10.1. The highest BCUT2D eigenvalue weighted by molar-refractivity contribution is 4.60. The molecule has 0 rings (SSSR count). The van der Waals surface area contributed by atoms with Gasteiger partial charge in [0.05, 0.1) is 13.2 Å². The summed E-state index contributed by atoms with van der Waals surface area (Å²) in [6.07, 6.45) is 2.32. The Morgan fingerprint density at radius 3 is 2.62 bits per heavy atom. The number of ether oxygens (including phenoxy) is 1. The van der Waals surface area contributed by atoms with Crippen LogP contribution in [0.2, 0.25) is 0 Å². The monoisotopic (exact) mass is 189 g/mol. The van der Waals surface area contributed by atoms with Crippen LogP contribution in [0, 0.1) is 0 Å². The molecule has 1 atom stereocenters. The molecular formula is C10H23NO2. The van der Waals surface area contributed by atoms with Crippen LogP contribution in [0.4, 0.5) is 0 Å². The largest absolute Gasteiger partial charge is 0.395 e. The van der Waals surface area contributed by atoms with Crippen LogP contribution in [0.1, 0.15) is 26.7 Å². The Bertz CT molecular complexity index is 109. The zero-order valence-electron chi connectivity index (χ0n) is 9.12. The first kappa shape index (κ1) is 12.9. The molecule has 0 aromatic rings. The highest BCUT2D eigenvalue weighted by Gasteiger charge is 2.06. The highest BCUT2D eigenvalue weighted by Crippen LogP contribution is 1.94. The Labute approximate surface area is 81.7 Å². The maximum Gasteiger partial charge on any atom is 0.0593 e. The van der Waals surface area contributed by atoms with Gasteiger partial charge in [-0.1, -0.05) is 13.3 Å². The standard InChI is InChI=1S/C10H23NO2/c1-4-5-7-13-8-6-11(3)10(2)9-12/h10,12H,4-9H2,1-3H3. The van der Waals surface area contributed by atoms with Crippen molar-refractivity contribution < 1.29 is 9.84 Å². The summed E-state index contributed by atoms with van der Waals surface area (Å²) in [4.78, 5) is 2.10. The molecule has 0 amide bonds. The van der Waals surface area contributed by atoms with Crippen molar-refractivity contribution in [2.75, 3.05) is 33.4 Å². The van der Waals surface area contributed by atoms with Gasteiger partial charge < -0.3 is 9.84 Å². The predicted octanol–water partition coefficient (Wildman–Crippen LogP) is 1.12. The van der Waals surface area contributed by atoms with Gasteiger partial charge in [0, 0.05) is 19.2 Å². The van der Waals surface area contributed by atoms with Crippen molar-refractivity contribution in [2.24, 2.45) is 0 Å². The van der Waals surface area contributed by atoms with Crippen LogP contribution >= 0.6 is 0 Å². The SMILES string of the molecule is CCCCOCCN(C)C(C)CO. The molecule has 0 aliphatic carbocycles. The van der Waals surface area contributed by atoms with Gasteiger partial charge in [0.25, 0.3) is 0 Å². The van der Waals surface area contributed by atoms with Gasteiger partial charge in [-0.2, -0.15) is 0 Å². The summed E-state index contributed by atoms with van der Waals surface area (Å²) in [5, 5.41) is 8.86. The van der Waals surface area contributed by atoms with Crippen LogP contribution < -0.4 is 0 Å². The van der Waals surface area contributed by atoms with Gasteiger partial charge in [-0.25, -0.2) is 0 Å². The van der Waals surface area contributed by atoms with E-state index in [-0.39, 0.29) is 12.6 Å². The van der Waals surface area contributed by atoms with E-state index in [4.69, 9.17) is 9.84 Å². The number of unbranched alkanes of at least 4 members (excludes halogenated alkanes) is 1. The van der Waals surface area contributed by atoms with Gasteiger partial charge >= 0.3 is 0 Å². The number of likely N-dealkylation sites (N-methyl/N-ethyl adjacent to an activating group) is 1. The summed E-state index contributed by atoms with van der Waals surface area (Å²) in [6.45, 7) is 6.89. The van der Waals surface area contributed by atoms with E-state index in [1.54, 1.807) is 0 Å². The lowest BCUT2D eigenvalue weighted by Gasteiger charge is -2.22. The number of rotatable bonds is 8. The summed E-state index contributed by atoms with van der Waals surface area (Å²) in [6, 6.07) is 0.231. The lowest BCUT2D eigenvalue weighted by atomic mass is 10.3. The molecule has 0 bridgehead atoms. The molecule has 0 radical (unpaired) electrons. The van der Waals surface area contributed by atoms with E-state index >= 15 is 0 Å². The molecule has 3 nitrogen and oxygen atoms in total. The van der Waals surface area contributed by atoms with Crippen molar-refractivity contribution in [3.63, 3.8) is 0 Å². The summed E-state index contributed by atoms with van der Waals surface area (Å²) >= 11 is 0. The molecule has 13 heavy (non-hydrogen) atoms. The molecule has 3 heteroatoms. The number of nitrogens with zero attached hydrogens (tertiary/aromatic N) is 1. The maximum atomic E-state index is 8.86. The van der Waals surface area contributed by atoms with Gasteiger partial charge in [-0.05, 0) is 20.4 Å². The smallest absolute Gasteiger partial charge is 0.0593 e. The molecule has 0 spiro atoms. The Morgan fingerprint density at radius 2 is 2.08 bits per heavy atom. The van der Waals surface area contributed by atoms with Gasteiger partial charge in [0.15, 0.2) is 0 Å². The lowest BCUT2D eigenvalue weighted by Crippen LogP contribution is -2.34. The molecule has 1 unspecified atom stereocenters. The molecule has 80 valence electrons.